The quantitative estimate of drug-likeness (QED) is 0.829. The Kier molecular flexibility index (Phi) is 3.99. The summed E-state index contributed by atoms with van der Waals surface area (Å²) in [5, 5.41) is 6.12. The average Bonchev–Trinajstić information content (AvgIpc) is 2.45. The fourth-order valence-electron chi connectivity index (χ4n) is 3.08. The van der Waals surface area contributed by atoms with Crippen molar-refractivity contribution in [2.45, 2.75) is 37.9 Å². The summed E-state index contributed by atoms with van der Waals surface area (Å²) in [7, 11) is -2.99. The van der Waals surface area contributed by atoms with Gasteiger partial charge in [-0.25, -0.2) is 8.42 Å². The van der Waals surface area contributed by atoms with Crippen LogP contribution in [0.2, 0.25) is 0 Å². The van der Waals surface area contributed by atoms with E-state index in [1.807, 2.05) is 18.2 Å². The van der Waals surface area contributed by atoms with Crippen molar-refractivity contribution in [1.29, 1.82) is 0 Å². The van der Waals surface area contributed by atoms with Crippen LogP contribution in [0, 0.1) is 0 Å². The summed E-state index contributed by atoms with van der Waals surface area (Å²) in [5.74, 6) is 0.225. The highest BCUT2D eigenvalue weighted by Gasteiger charge is 2.29. The maximum Gasteiger partial charge on any atom is 0.237 e. The van der Waals surface area contributed by atoms with Crippen LogP contribution >= 0.6 is 0 Å². The van der Waals surface area contributed by atoms with Gasteiger partial charge in [-0.2, -0.15) is 0 Å². The normalized spacial score (nSPS) is 27.6. The monoisotopic (exact) mass is 308 g/mol. The van der Waals surface area contributed by atoms with E-state index in [0.717, 1.165) is 6.42 Å². The SMILES string of the molecule is O=C(NC1CCCS(=O)(=O)C1)[C@@H]1Cc2ccccc2CN1. The van der Waals surface area contributed by atoms with Crippen LogP contribution in [0.3, 0.4) is 0 Å². The van der Waals surface area contributed by atoms with Crippen molar-refractivity contribution >= 4 is 15.7 Å². The highest BCUT2D eigenvalue weighted by Crippen LogP contribution is 2.17. The first-order valence-electron chi connectivity index (χ1n) is 7.34. The molecule has 2 aliphatic heterocycles. The van der Waals surface area contributed by atoms with Crippen molar-refractivity contribution in [3.05, 3.63) is 35.4 Å². The van der Waals surface area contributed by atoms with E-state index < -0.39 is 9.84 Å². The van der Waals surface area contributed by atoms with Crippen LogP contribution in [-0.2, 0) is 27.6 Å². The van der Waals surface area contributed by atoms with Crippen LogP contribution in [0.25, 0.3) is 0 Å². The number of carbonyl (C=O) groups excluding carboxylic acids is 1. The van der Waals surface area contributed by atoms with E-state index in [1.165, 1.54) is 11.1 Å². The first-order valence-corrected chi connectivity index (χ1v) is 9.16. The van der Waals surface area contributed by atoms with Crippen LogP contribution in [0.1, 0.15) is 24.0 Å². The number of hydrogen-bond donors (Lipinski definition) is 2. The Morgan fingerprint density at radius 1 is 1.24 bits per heavy atom. The molecule has 0 saturated carbocycles. The van der Waals surface area contributed by atoms with Gasteiger partial charge >= 0.3 is 0 Å². The fourth-order valence-corrected chi connectivity index (χ4v) is 4.71. The van der Waals surface area contributed by atoms with Crippen molar-refractivity contribution in [3.63, 3.8) is 0 Å². The molecule has 1 saturated heterocycles. The molecule has 2 atom stereocenters. The number of nitrogens with one attached hydrogen (secondary N) is 2. The molecule has 2 aliphatic rings. The summed E-state index contributed by atoms with van der Waals surface area (Å²) in [6.07, 6.45) is 2.03. The molecule has 2 heterocycles. The fraction of sp³-hybridized carbons (Fsp3) is 0.533. The van der Waals surface area contributed by atoms with Gasteiger partial charge in [-0.1, -0.05) is 24.3 Å². The zero-order chi connectivity index (χ0) is 14.9. The minimum atomic E-state index is -2.99. The van der Waals surface area contributed by atoms with Gasteiger partial charge in [0.1, 0.15) is 0 Å². The van der Waals surface area contributed by atoms with Gasteiger partial charge in [-0.3, -0.25) is 4.79 Å². The van der Waals surface area contributed by atoms with Gasteiger partial charge < -0.3 is 10.6 Å². The molecule has 0 aliphatic carbocycles. The third-order valence-corrected chi connectivity index (χ3v) is 6.03. The number of rotatable bonds is 2. The molecule has 0 radical (unpaired) electrons. The van der Waals surface area contributed by atoms with E-state index in [2.05, 4.69) is 16.7 Å². The first-order chi connectivity index (χ1) is 10.0. The number of hydrogen-bond acceptors (Lipinski definition) is 4. The molecule has 5 nitrogen and oxygen atoms in total. The predicted molar refractivity (Wildman–Crippen MR) is 80.6 cm³/mol. The van der Waals surface area contributed by atoms with Crippen molar-refractivity contribution < 1.29 is 13.2 Å². The molecular weight excluding hydrogens is 288 g/mol. The van der Waals surface area contributed by atoms with Crippen molar-refractivity contribution in [2.24, 2.45) is 0 Å². The first kappa shape index (κ1) is 14.5. The van der Waals surface area contributed by atoms with Gasteiger partial charge in [0.2, 0.25) is 5.91 Å². The minimum Gasteiger partial charge on any atom is -0.351 e. The number of carbonyl (C=O) groups is 1. The Labute approximate surface area is 125 Å². The Hall–Kier alpha value is -1.40. The molecule has 1 fully saturated rings. The molecule has 1 amide bonds. The van der Waals surface area contributed by atoms with Gasteiger partial charge in [0.25, 0.3) is 0 Å². The van der Waals surface area contributed by atoms with Crippen LogP contribution < -0.4 is 10.6 Å². The predicted octanol–water partition coefficient (Wildman–Crippen LogP) is 0.394. The van der Waals surface area contributed by atoms with E-state index in [9.17, 15) is 13.2 Å². The lowest BCUT2D eigenvalue weighted by Crippen LogP contribution is -2.52. The topological polar surface area (TPSA) is 75.3 Å². The summed E-state index contributed by atoms with van der Waals surface area (Å²) >= 11 is 0. The minimum absolute atomic E-state index is 0.0715. The van der Waals surface area contributed by atoms with E-state index in [-0.39, 0.29) is 29.5 Å². The molecule has 3 rings (SSSR count). The lowest BCUT2D eigenvalue weighted by molar-refractivity contribution is -0.123. The van der Waals surface area contributed by atoms with Gasteiger partial charge in [-0.05, 0) is 30.4 Å². The van der Waals surface area contributed by atoms with Gasteiger partial charge in [0, 0.05) is 12.6 Å². The molecule has 0 spiro atoms. The van der Waals surface area contributed by atoms with E-state index in [1.54, 1.807) is 0 Å². The lowest BCUT2D eigenvalue weighted by Gasteiger charge is -2.29. The maximum atomic E-state index is 12.3. The van der Waals surface area contributed by atoms with Gasteiger partial charge in [0.05, 0.1) is 17.5 Å². The van der Waals surface area contributed by atoms with Crippen molar-refractivity contribution in [2.75, 3.05) is 11.5 Å². The summed E-state index contributed by atoms with van der Waals surface area (Å²) in [6, 6.07) is 7.56. The summed E-state index contributed by atoms with van der Waals surface area (Å²) in [6.45, 7) is 0.678. The molecular formula is C15H20N2O3S. The van der Waals surface area contributed by atoms with E-state index in [4.69, 9.17) is 0 Å². The Bertz CT molecular complexity index is 642. The zero-order valence-electron chi connectivity index (χ0n) is 11.8. The summed E-state index contributed by atoms with van der Waals surface area (Å²) < 4.78 is 23.2. The molecule has 21 heavy (non-hydrogen) atoms. The Morgan fingerprint density at radius 3 is 2.76 bits per heavy atom. The standard InChI is InChI=1S/C15H20N2O3S/c18-15(17-13-6-3-7-21(19,20)10-13)14-8-11-4-1-2-5-12(11)9-16-14/h1-2,4-5,13-14,16H,3,6-10H2,(H,17,18)/t13?,14-/m0/s1. The smallest absolute Gasteiger partial charge is 0.237 e. The van der Waals surface area contributed by atoms with Crippen molar-refractivity contribution in [1.82, 2.24) is 10.6 Å². The largest absolute Gasteiger partial charge is 0.351 e. The number of sulfone groups is 1. The Balaban J connectivity index is 1.62. The molecule has 6 heteroatoms. The van der Waals surface area contributed by atoms with Crippen LogP contribution in [-0.4, -0.2) is 37.9 Å². The van der Waals surface area contributed by atoms with Crippen LogP contribution in [0.5, 0.6) is 0 Å². The molecule has 1 aromatic carbocycles. The molecule has 0 aromatic heterocycles. The highest BCUT2D eigenvalue weighted by atomic mass is 32.2. The zero-order valence-corrected chi connectivity index (χ0v) is 12.7. The second kappa shape index (κ2) is 5.77. The van der Waals surface area contributed by atoms with Crippen LogP contribution in [0.15, 0.2) is 24.3 Å². The summed E-state index contributed by atoms with van der Waals surface area (Å²) in [5.41, 5.74) is 2.41. The molecule has 114 valence electrons. The summed E-state index contributed by atoms with van der Waals surface area (Å²) in [4.78, 5) is 12.3. The number of fused-ring (bicyclic) bond motifs is 1. The number of benzene rings is 1. The van der Waals surface area contributed by atoms with Gasteiger partial charge in [0.15, 0.2) is 9.84 Å². The van der Waals surface area contributed by atoms with E-state index in [0.29, 0.717) is 19.4 Å². The Morgan fingerprint density at radius 2 is 2.00 bits per heavy atom. The third-order valence-electron chi connectivity index (χ3n) is 4.21. The second-order valence-corrected chi connectivity index (χ2v) is 8.10. The van der Waals surface area contributed by atoms with Gasteiger partial charge in [-0.15, -0.1) is 0 Å². The average molecular weight is 308 g/mol. The maximum absolute atomic E-state index is 12.3. The lowest BCUT2D eigenvalue weighted by atomic mass is 9.95. The van der Waals surface area contributed by atoms with Crippen molar-refractivity contribution in [3.8, 4) is 0 Å². The number of amides is 1. The highest BCUT2D eigenvalue weighted by molar-refractivity contribution is 7.91. The molecule has 0 bridgehead atoms. The molecule has 1 aromatic rings. The van der Waals surface area contributed by atoms with E-state index >= 15 is 0 Å². The third kappa shape index (κ3) is 3.44. The second-order valence-electron chi connectivity index (χ2n) is 5.87. The van der Waals surface area contributed by atoms with Crippen LogP contribution in [0.4, 0.5) is 0 Å². The molecule has 1 unspecified atom stereocenters. The molecule has 2 N–H and O–H groups in total.